The third-order valence-corrected chi connectivity index (χ3v) is 4.20. The summed E-state index contributed by atoms with van der Waals surface area (Å²) in [5.41, 5.74) is 2.63. The molecule has 4 heteroatoms. The number of nitrogens with one attached hydrogen (secondary N) is 1. The fraction of sp³-hybridized carbons (Fsp3) is 0.533. The Morgan fingerprint density at radius 1 is 1.42 bits per heavy atom. The largest absolute Gasteiger partial charge is 0.491 e. The SMILES string of the molecule is CCCOc1cccc2c1[nH]c(=S)n2CC1(C)CC1. The van der Waals surface area contributed by atoms with Crippen molar-refractivity contribution >= 4 is 23.3 Å². The third-order valence-electron chi connectivity index (χ3n) is 3.88. The Bertz CT molecular complexity index is 652. The molecule has 1 heterocycles. The second kappa shape index (κ2) is 4.67. The Morgan fingerprint density at radius 3 is 2.89 bits per heavy atom. The number of imidazole rings is 1. The first kappa shape index (κ1) is 12.7. The summed E-state index contributed by atoms with van der Waals surface area (Å²) in [5.74, 6) is 0.908. The Balaban J connectivity index is 2.03. The normalized spacial score (nSPS) is 16.7. The number of aromatic amines is 1. The van der Waals surface area contributed by atoms with Crippen molar-refractivity contribution < 1.29 is 4.74 Å². The molecule has 0 unspecified atom stereocenters. The number of ether oxygens (including phenoxy) is 1. The molecule has 0 spiro atoms. The molecule has 1 aromatic carbocycles. The zero-order valence-corrected chi connectivity index (χ0v) is 12.3. The molecule has 3 rings (SSSR count). The monoisotopic (exact) mass is 276 g/mol. The fourth-order valence-electron chi connectivity index (χ4n) is 2.40. The lowest BCUT2D eigenvalue weighted by molar-refractivity contribution is 0.320. The molecule has 102 valence electrons. The number of hydrogen-bond donors (Lipinski definition) is 1. The van der Waals surface area contributed by atoms with Crippen molar-refractivity contribution in [2.45, 2.75) is 39.7 Å². The number of hydrogen-bond acceptors (Lipinski definition) is 2. The van der Waals surface area contributed by atoms with E-state index in [2.05, 4.69) is 29.5 Å². The van der Waals surface area contributed by atoms with E-state index in [9.17, 15) is 0 Å². The highest BCUT2D eigenvalue weighted by atomic mass is 32.1. The maximum atomic E-state index is 5.79. The minimum absolute atomic E-state index is 0.438. The van der Waals surface area contributed by atoms with Gasteiger partial charge in [-0.05, 0) is 49.0 Å². The average molecular weight is 276 g/mol. The Morgan fingerprint density at radius 2 is 2.21 bits per heavy atom. The van der Waals surface area contributed by atoms with Crippen LogP contribution in [0.5, 0.6) is 5.75 Å². The van der Waals surface area contributed by atoms with E-state index < -0.39 is 0 Å². The second-order valence-electron chi connectivity index (χ2n) is 5.83. The number of aromatic nitrogens is 2. The van der Waals surface area contributed by atoms with Crippen LogP contribution in [-0.2, 0) is 6.54 Å². The van der Waals surface area contributed by atoms with Gasteiger partial charge in [-0.15, -0.1) is 0 Å². The summed E-state index contributed by atoms with van der Waals surface area (Å²) >= 11 is 5.47. The molecule has 0 saturated heterocycles. The molecule has 1 fully saturated rings. The Hall–Kier alpha value is -1.29. The molecule has 19 heavy (non-hydrogen) atoms. The van der Waals surface area contributed by atoms with Crippen LogP contribution in [0.4, 0.5) is 0 Å². The molecule has 1 aliphatic rings. The van der Waals surface area contributed by atoms with Gasteiger partial charge < -0.3 is 14.3 Å². The summed E-state index contributed by atoms with van der Waals surface area (Å²) < 4.78 is 8.81. The third kappa shape index (κ3) is 2.41. The van der Waals surface area contributed by atoms with Crippen molar-refractivity contribution in [3.8, 4) is 5.75 Å². The summed E-state index contributed by atoms with van der Waals surface area (Å²) in [5, 5.41) is 0. The van der Waals surface area contributed by atoms with Crippen LogP contribution in [0.1, 0.15) is 33.1 Å². The molecule has 0 bridgehead atoms. The number of rotatable bonds is 5. The molecular formula is C15H20N2OS. The van der Waals surface area contributed by atoms with Gasteiger partial charge in [0.2, 0.25) is 0 Å². The van der Waals surface area contributed by atoms with Gasteiger partial charge in [0.15, 0.2) is 4.77 Å². The lowest BCUT2D eigenvalue weighted by atomic mass is 10.1. The topological polar surface area (TPSA) is 29.9 Å². The van der Waals surface area contributed by atoms with E-state index in [1.54, 1.807) is 0 Å². The molecule has 0 radical (unpaired) electrons. The number of para-hydroxylation sites is 1. The Labute approximate surface area is 118 Å². The molecule has 0 amide bonds. The number of nitrogens with zero attached hydrogens (tertiary/aromatic N) is 1. The maximum Gasteiger partial charge on any atom is 0.178 e. The molecule has 1 aliphatic carbocycles. The van der Waals surface area contributed by atoms with Crippen LogP contribution in [0, 0.1) is 10.2 Å². The lowest BCUT2D eigenvalue weighted by Gasteiger charge is -2.11. The van der Waals surface area contributed by atoms with Gasteiger partial charge in [-0.2, -0.15) is 0 Å². The van der Waals surface area contributed by atoms with Gasteiger partial charge >= 0.3 is 0 Å². The zero-order valence-electron chi connectivity index (χ0n) is 11.5. The fourth-order valence-corrected chi connectivity index (χ4v) is 2.66. The zero-order chi connectivity index (χ0) is 13.5. The van der Waals surface area contributed by atoms with Crippen LogP contribution < -0.4 is 4.74 Å². The predicted octanol–water partition coefficient (Wildman–Crippen LogP) is 4.29. The Kier molecular flexibility index (Phi) is 3.13. The van der Waals surface area contributed by atoms with Crippen LogP contribution in [0.3, 0.4) is 0 Å². The van der Waals surface area contributed by atoms with Crippen LogP contribution >= 0.6 is 12.2 Å². The van der Waals surface area contributed by atoms with Crippen molar-refractivity contribution in [1.29, 1.82) is 0 Å². The summed E-state index contributed by atoms with van der Waals surface area (Å²) in [4.78, 5) is 3.31. The second-order valence-corrected chi connectivity index (χ2v) is 6.21. The van der Waals surface area contributed by atoms with Crippen LogP contribution in [0.15, 0.2) is 18.2 Å². The summed E-state index contributed by atoms with van der Waals surface area (Å²) in [6.45, 7) is 6.18. The van der Waals surface area contributed by atoms with E-state index in [0.717, 1.165) is 41.1 Å². The lowest BCUT2D eigenvalue weighted by Crippen LogP contribution is -2.07. The summed E-state index contributed by atoms with van der Waals surface area (Å²) in [6.07, 6.45) is 3.61. The van der Waals surface area contributed by atoms with Gasteiger partial charge in [-0.1, -0.05) is 19.9 Å². The van der Waals surface area contributed by atoms with E-state index in [1.807, 2.05) is 12.1 Å². The molecule has 1 N–H and O–H groups in total. The first-order valence-corrected chi connectivity index (χ1v) is 7.38. The minimum Gasteiger partial charge on any atom is -0.491 e. The van der Waals surface area contributed by atoms with Gasteiger partial charge in [0.25, 0.3) is 0 Å². The van der Waals surface area contributed by atoms with Crippen molar-refractivity contribution in [3.63, 3.8) is 0 Å². The molecule has 0 atom stereocenters. The van der Waals surface area contributed by atoms with Gasteiger partial charge in [0.1, 0.15) is 11.3 Å². The molecule has 0 aliphatic heterocycles. The van der Waals surface area contributed by atoms with E-state index >= 15 is 0 Å². The van der Waals surface area contributed by atoms with Crippen LogP contribution in [0.2, 0.25) is 0 Å². The number of benzene rings is 1. The highest BCUT2D eigenvalue weighted by molar-refractivity contribution is 7.71. The predicted molar refractivity (Wildman–Crippen MR) is 80.2 cm³/mol. The van der Waals surface area contributed by atoms with E-state index in [-0.39, 0.29) is 0 Å². The van der Waals surface area contributed by atoms with Crippen LogP contribution in [-0.4, -0.2) is 16.2 Å². The van der Waals surface area contributed by atoms with E-state index in [0.29, 0.717) is 5.41 Å². The van der Waals surface area contributed by atoms with Crippen molar-refractivity contribution in [3.05, 3.63) is 23.0 Å². The molecule has 1 saturated carbocycles. The summed E-state index contributed by atoms with van der Waals surface area (Å²) in [6, 6.07) is 6.17. The van der Waals surface area contributed by atoms with Crippen molar-refractivity contribution in [2.24, 2.45) is 5.41 Å². The molecule has 3 nitrogen and oxygen atoms in total. The minimum atomic E-state index is 0.438. The maximum absolute atomic E-state index is 5.79. The highest BCUT2D eigenvalue weighted by Gasteiger charge is 2.38. The van der Waals surface area contributed by atoms with Crippen molar-refractivity contribution in [2.75, 3.05) is 6.61 Å². The molecular weight excluding hydrogens is 256 g/mol. The van der Waals surface area contributed by atoms with Crippen LogP contribution in [0.25, 0.3) is 11.0 Å². The van der Waals surface area contributed by atoms with E-state index in [1.165, 1.54) is 12.8 Å². The molecule has 2 aromatic rings. The summed E-state index contributed by atoms with van der Waals surface area (Å²) in [7, 11) is 0. The van der Waals surface area contributed by atoms with Gasteiger partial charge in [0.05, 0.1) is 12.1 Å². The number of fused-ring (bicyclic) bond motifs is 1. The van der Waals surface area contributed by atoms with Gasteiger partial charge in [-0.3, -0.25) is 0 Å². The van der Waals surface area contributed by atoms with Gasteiger partial charge in [-0.25, -0.2) is 0 Å². The van der Waals surface area contributed by atoms with Crippen molar-refractivity contribution in [1.82, 2.24) is 9.55 Å². The first-order valence-electron chi connectivity index (χ1n) is 6.97. The standard InChI is InChI=1S/C15H20N2OS/c1-3-9-18-12-6-4-5-11-13(12)16-14(19)17(11)10-15(2)7-8-15/h4-6H,3,7-10H2,1-2H3,(H,16,19). The average Bonchev–Trinajstić information content (AvgIpc) is 3.04. The van der Waals surface area contributed by atoms with Gasteiger partial charge in [0, 0.05) is 6.54 Å². The first-order chi connectivity index (χ1) is 9.13. The smallest absolute Gasteiger partial charge is 0.178 e. The van der Waals surface area contributed by atoms with E-state index in [4.69, 9.17) is 17.0 Å². The highest BCUT2D eigenvalue weighted by Crippen LogP contribution is 2.47. The molecule has 1 aromatic heterocycles. The number of H-pyrrole nitrogens is 1. The quantitative estimate of drug-likeness (QED) is 0.826.